The van der Waals surface area contributed by atoms with E-state index in [-0.39, 0.29) is 24.0 Å². The number of rotatable bonds is 10. The fraction of sp³-hybridized carbons (Fsp3) is 0.550. The van der Waals surface area contributed by atoms with E-state index in [1.54, 1.807) is 13.1 Å². The normalized spacial score (nSPS) is 14.6. The Morgan fingerprint density at radius 3 is 2.73 bits per heavy atom. The van der Waals surface area contributed by atoms with Gasteiger partial charge in [0.1, 0.15) is 12.4 Å². The maximum atomic E-state index is 5.69. The van der Waals surface area contributed by atoms with Crippen LogP contribution in [0, 0.1) is 0 Å². The number of benzene rings is 1. The highest BCUT2D eigenvalue weighted by Crippen LogP contribution is 2.17. The van der Waals surface area contributed by atoms with Crippen molar-refractivity contribution in [3.05, 3.63) is 42.5 Å². The molecule has 5 nitrogen and oxygen atoms in total. The maximum Gasteiger partial charge on any atom is 0.191 e. The summed E-state index contributed by atoms with van der Waals surface area (Å²) >= 11 is 0. The molecule has 0 bridgehead atoms. The number of hydrogen-bond donors (Lipinski definition) is 2. The van der Waals surface area contributed by atoms with Crippen molar-refractivity contribution in [2.75, 3.05) is 39.8 Å². The van der Waals surface area contributed by atoms with Gasteiger partial charge in [0, 0.05) is 25.7 Å². The zero-order chi connectivity index (χ0) is 17.7. The van der Waals surface area contributed by atoms with Gasteiger partial charge in [0.25, 0.3) is 0 Å². The Kier molecular flexibility index (Phi) is 12.1. The Labute approximate surface area is 175 Å². The lowest BCUT2D eigenvalue weighted by Crippen LogP contribution is -2.37. The lowest BCUT2D eigenvalue weighted by atomic mass is 10.2. The van der Waals surface area contributed by atoms with Crippen molar-refractivity contribution in [3.8, 4) is 5.75 Å². The summed E-state index contributed by atoms with van der Waals surface area (Å²) in [5.74, 6) is 1.72. The summed E-state index contributed by atoms with van der Waals surface area (Å²) in [5.41, 5.74) is 1.11. The van der Waals surface area contributed by atoms with Crippen LogP contribution in [0.4, 0.5) is 0 Å². The van der Waals surface area contributed by atoms with Gasteiger partial charge in [-0.25, -0.2) is 0 Å². The highest BCUT2D eigenvalue weighted by Gasteiger charge is 2.10. The maximum absolute atomic E-state index is 5.69. The van der Waals surface area contributed by atoms with Crippen LogP contribution >= 0.6 is 24.0 Å². The summed E-state index contributed by atoms with van der Waals surface area (Å²) in [6.07, 6.45) is 6.89. The molecule has 1 aliphatic rings. The summed E-state index contributed by atoms with van der Waals surface area (Å²) in [5, 5.41) is 6.75. The van der Waals surface area contributed by atoms with Crippen LogP contribution in [0.2, 0.25) is 0 Å². The minimum atomic E-state index is 0. The molecule has 1 aromatic rings. The van der Waals surface area contributed by atoms with Crippen LogP contribution in [0.25, 0.3) is 0 Å². The molecule has 2 rings (SSSR count). The summed E-state index contributed by atoms with van der Waals surface area (Å²) < 4.78 is 5.69. The molecule has 146 valence electrons. The molecule has 1 fully saturated rings. The van der Waals surface area contributed by atoms with E-state index >= 15 is 0 Å². The van der Waals surface area contributed by atoms with Crippen molar-refractivity contribution in [2.24, 2.45) is 4.99 Å². The molecule has 1 saturated heterocycles. The second-order valence-corrected chi connectivity index (χ2v) is 6.32. The van der Waals surface area contributed by atoms with Crippen LogP contribution in [0.1, 0.15) is 31.2 Å². The summed E-state index contributed by atoms with van der Waals surface area (Å²) in [6, 6.07) is 8.05. The third kappa shape index (κ3) is 8.40. The van der Waals surface area contributed by atoms with Gasteiger partial charge in [-0.15, -0.1) is 24.0 Å². The van der Waals surface area contributed by atoms with Gasteiger partial charge in [-0.05, 0) is 51.4 Å². The first kappa shape index (κ1) is 22.8. The van der Waals surface area contributed by atoms with E-state index in [1.807, 2.05) is 18.2 Å². The number of hydrogen-bond acceptors (Lipinski definition) is 3. The van der Waals surface area contributed by atoms with Crippen molar-refractivity contribution in [2.45, 2.75) is 32.2 Å². The number of likely N-dealkylation sites (tertiary alicyclic amines) is 1. The smallest absolute Gasteiger partial charge is 0.191 e. The van der Waals surface area contributed by atoms with Crippen LogP contribution in [0.15, 0.2) is 41.9 Å². The summed E-state index contributed by atoms with van der Waals surface area (Å²) in [7, 11) is 1.81. The second-order valence-electron chi connectivity index (χ2n) is 6.32. The molecule has 1 aliphatic heterocycles. The minimum Gasteiger partial charge on any atom is -0.489 e. The molecular weight excluding hydrogens is 439 g/mol. The molecule has 0 radical (unpaired) electrons. The molecule has 0 saturated carbocycles. The topological polar surface area (TPSA) is 48.9 Å². The van der Waals surface area contributed by atoms with E-state index in [0.717, 1.165) is 30.2 Å². The predicted molar refractivity (Wildman–Crippen MR) is 121 cm³/mol. The fourth-order valence-electron chi connectivity index (χ4n) is 3.01. The fourth-order valence-corrected chi connectivity index (χ4v) is 3.01. The van der Waals surface area contributed by atoms with E-state index in [2.05, 4.69) is 33.2 Å². The number of unbranched alkanes of at least 4 members (excludes halogenated alkanes) is 1. The highest BCUT2D eigenvalue weighted by atomic mass is 127. The van der Waals surface area contributed by atoms with Crippen molar-refractivity contribution in [3.63, 3.8) is 0 Å². The Morgan fingerprint density at radius 2 is 2.00 bits per heavy atom. The molecule has 1 aromatic carbocycles. The molecule has 0 amide bonds. The third-order valence-corrected chi connectivity index (χ3v) is 4.39. The molecule has 1 heterocycles. The zero-order valence-electron chi connectivity index (χ0n) is 15.9. The highest BCUT2D eigenvalue weighted by molar-refractivity contribution is 14.0. The molecular formula is C20H33IN4O. The van der Waals surface area contributed by atoms with Crippen LogP contribution < -0.4 is 15.4 Å². The van der Waals surface area contributed by atoms with Gasteiger partial charge in [0.05, 0.1) is 0 Å². The molecule has 0 atom stereocenters. The largest absolute Gasteiger partial charge is 0.489 e. The average Bonchev–Trinajstić information content (AvgIpc) is 3.16. The quantitative estimate of drug-likeness (QED) is 0.180. The van der Waals surface area contributed by atoms with Crippen LogP contribution in [0.3, 0.4) is 0 Å². The lowest BCUT2D eigenvalue weighted by molar-refractivity contribution is 0.330. The van der Waals surface area contributed by atoms with Gasteiger partial charge in [0.2, 0.25) is 0 Å². The van der Waals surface area contributed by atoms with E-state index in [4.69, 9.17) is 4.74 Å². The Bertz CT molecular complexity index is 544. The predicted octanol–water partition coefficient (Wildman–Crippen LogP) is 3.41. The van der Waals surface area contributed by atoms with Crippen molar-refractivity contribution >= 4 is 29.9 Å². The summed E-state index contributed by atoms with van der Waals surface area (Å²) in [4.78, 5) is 6.86. The number of ether oxygens (including phenoxy) is 1. The van der Waals surface area contributed by atoms with Crippen molar-refractivity contribution in [1.29, 1.82) is 0 Å². The van der Waals surface area contributed by atoms with Crippen LogP contribution in [0.5, 0.6) is 5.75 Å². The molecule has 0 aliphatic carbocycles. The van der Waals surface area contributed by atoms with E-state index in [1.165, 1.54) is 38.9 Å². The first-order valence-corrected chi connectivity index (χ1v) is 9.32. The van der Waals surface area contributed by atoms with Gasteiger partial charge in [0.15, 0.2) is 5.96 Å². The molecule has 2 N–H and O–H groups in total. The number of guanidine groups is 1. The monoisotopic (exact) mass is 472 g/mol. The lowest BCUT2D eigenvalue weighted by Gasteiger charge is -2.16. The number of halogens is 1. The van der Waals surface area contributed by atoms with E-state index in [9.17, 15) is 0 Å². The van der Waals surface area contributed by atoms with Crippen LogP contribution in [-0.2, 0) is 6.54 Å². The Morgan fingerprint density at radius 1 is 1.23 bits per heavy atom. The summed E-state index contributed by atoms with van der Waals surface area (Å²) in [6.45, 7) is 9.62. The van der Waals surface area contributed by atoms with Crippen LogP contribution in [-0.4, -0.2) is 50.7 Å². The van der Waals surface area contributed by atoms with Gasteiger partial charge < -0.3 is 20.3 Å². The van der Waals surface area contributed by atoms with Crippen molar-refractivity contribution < 1.29 is 4.74 Å². The third-order valence-electron chi connectivity index (χ3n) is 4.39. The first-order valence-electron chi connectivity index (χ1n) is 9.32. The average molecular weight is 472 g/mol. The molecule has 0 spiro atoms. The number of aliphatic imine (C=N–C) groups is 1. The molecule has 6 heteroatoms. The van der Waals surface area contributed by atoms with Gasteiger partial charge in [-0.1, -0.05) is 30.9 Å². The standard InChI is InChI=1S/C20H32N4O.HI/c1-3-16-25-19-11-5-4-10-18(19)17-23-20(21-2)22-12-6-7-13-24-14-8-9-15-24;/h3-5,10-11H,1,6-9,12-17H2,2H3,(H2,21,22,23);1H. The van der Waals surface area contributed by atoms with Gasteiger partial charge >= 0.3 is 0 Å². The molecule has 26 heavy (non-hydrogen) atoms. The molecule has 0 aromatic heterocycles. The van der Waals surface area contributed by atoms with E-state index in [0.29, 0.717) is 13.2 Å². The number of para-hydroxylation sites is 1. The minimum absolute atomic E-state index is 0. The Hall–Kier alpha value is -1.28. The molecule has 0 unspecified atom stereocenters. The number of nitrogens with zero attached hydrogens (tertiary/aromatic N) is 2. The van der Waals surface area contributed by atoms with Gasteiger partial charge in [-0.3, -0.25) is 4.99 Å². The zero-order valence-corrected chi connectivity index (χ0v) is 18.2. The Balaban J connectivity index is 0.00000338. The van der Waals surface area contributed by atoms with E-state index < -0.39 is 0 Å². The van der Waals surface area contributed by atoms with Crippen molar-refractivity contribution in [1.82, 2.24) is 15.5 Å². The van der Waals surface area contributed by atoms with Gasteiger partial charge in [-0.2, -0.15) is 0 Å². The second kappa shape index (κ2) is 13.9. The number of nitrogens with one attached hydrogen (secondary N) is 2. The SMILES string of the molecule is C=CCOc1ccccc1CNC(=NC)NCCCCN1CCCC1.I. The first-order chi connectivity index (χ1) is 12.3.